The zero-order chi connectivity index (χ0) is 18.4. The van der Waals surface area contributed by atoms with E-state index in [0.717, 1.165) is 24.2 Å². The SMILES string of the molecule is CC1C[N+]2(CCCCCC[N+]34CCN(CC3C)C(C)C4)CCN1CC2C. The average molecular weight is 365 g/mol. The van der Waals surface area contributed by atoms with Crippen molar-refractivity contribution in [1.82, 2.24) is 9.80 Å². The second kappa shape index (κ2) is 7.35. The van der Waals surface area contributed by atoms with Gasteiger partial charge < -0.3 is 8.97 Å². The summed E-state index contributed by atoms with van der Waals surface area (Å²) in [6, 6.07) is 3.37. The second-order valence-electron chi connectivity index (χ2n) is 10.5. The fourth-order valence-electron chi connectivity index (χ4n) is 6.98. The molecule has 6 aliphatic heterocycles. The quantitative estimate of drug-likeness (QED) is 0.506. The molecular weight excluding hydrogens is 320 g/mol. The summed E-state index contributed by atoms with van der Waals surface area (Å²) in [6.07, 6.45) is 5.83. The maximum atomic E-state index is 2.72. The van der Waals surface area contributed by atoms with Crippen molar-refractivity contribution in [3.8, 4) is 0 Å². The molecule has 4 heteroatoms. The largest absolute Gasteiger partial charge is 0.318 e. The lowest BCUT2D eigenvalue weighted by atomic mass is 9.97. The summed E-state index contributed by atoms with van der Waals surface area (Å²) in [7, 11) is 0. The first-order valence-electron chi connectivity index (χ1n) is 11.6. The van der Waals surface area contributed by atoms with Gasteiger partial charge in [0.25, 0.3) is 0 Å². The van der Waals surface area contributed by atoms with Gasteiger partial charge in [0.2, 0.25) is 0 Å². The molecule has 0 radical (unpaired) electrons. The third-order valence-electron chi connectivity index (χ3n) is 8.99. The van der Waals surface area contributed by atoms with Crippen molar-refractivity contribution in [1.29, 1.82) is 0 Å². The molecule has 6 fully saturated rings. The van der Waals surface area contributed by atoms with Gasteiger partial charge in [-0.1, -0.05) is 0 Å². The molecule has 0 amide bonds. The van der Waals surface area contributed by atoms with Crippen LogP contribution < -0.4 is 0 Å². The van der Waals surface area contributed by atoms with Gasteiger partial charge in [-0.05, 0) is 53.4 Å². The standard InChI is InChI=1S/C22H44N4/c1-19-17-25(13-9-23(19)15-21(25)3)11-7-5-6-8-12-26-14-10-24(16-22(26)4)20(2)18-26/h19-22H,5-18H2,1-4H3/q+2. The molecule has 26 heavy (non-hydrogen) atoms. The summed E-state index contributed by atoms with van der Waals surface area (Å²) in [5, 5.41) is 0. The van der Waals surface area contributed by atoms with Crippen molar-refractivity contribution < 1.29 is 8.97 Å². The lowest BCUT2D eigenvalue weighted by Gasteiger charge is -2.57. The molecule has 0 saturated carbocycles. The van der Waals surface area contributed by atoms with Gasteiger partial charge in [0, 0.05) is 13.1 Å². The molecule has 4 bridgehead atoms. The third-order valence-corrected chi connectivity index (χ3v) is 8.99. The lowest BCUT2D eigenvalue weighted by Crippen LogP contribution is -2.74. The topological polar surface area (TPSA) is 6.48 Å². The van der Waals surface area contributed by atoms with Crippen LogP contribution in [0.2, 0.25) is 0 Å². The number of piperazine rings is 6. The summed E-state index contributed by atoms with van der Waals surface area (Å²) in [5.41, 5.74) is 0. The molecule has 0 aromatic carbocycles. The highest BCUT2D eigenvalue weighted by molar-refractivity contribution is 4.83. The van der Waals surface area contributed by atoms with Crippen LogP contribution in [-0.4, -0.2) is 108 Å². The monoisotopic (exact) mass is 364 g/mol. The highest BCUT2D eigenvalue weighted by Crippen LogP contribution is 2.31. The van der Waals surface area contributed by atoms with E-state index in [0.29, 0.717) is 0 Å². The molecule has 8 atom stereocenters. The van der Waals surface area contributed by atoms with Gasteiger partial charge in [-0.25, -0.2) is 0 Å². The van der Waals surface area contributed by atoms with Crippen LogP contribution in [0.15, 0.2) is 0 Å². The van der Waals surface area contributed by atoms with Crippen LogP contribution in [0, 0.1) is 0 Å². The van der Waals surface area contributed by atoms with Crippen LogP contribution in [-0.2, 0) is 0 Å². The molecule has 4 nitrogen and oxygen atoms in total. The molecule has 150 valence electrons. The summed E-state index contributed by atoms with van der Waals surface area (Å²) in [5.74, 6) is 0. The van der Waals surface area contributed by atoms with E-state index in [1.54, 1.807) is 0 Å². The lowest BCUT2D eigenvalue weighted by molar-refractivity contribution is -0.966. The Bertz CT molecular complexity index is 453. The minimum Gasteiger partial charge on any atom is -0.318 e. The number of quaternary nitrogens is 2. The van der Waals surface area contributed by atoms with Crippen LogP contribution in [0.1, 0.15) is 53.4 Å². The number of hydrogen-bond acceptors (Lipinski definition) is 2. The first-order chi connectivity index (χ1) is 12.4. The molecule has 0 N–H and O–H groups in total. The van der Waals surface area contributed by atoms with E-state index in [9.17, 15) is 0 Å². The number of hydrogen-bond donors (Lipinski definition) is 0. The third kappa shape index (κ3) is 3.36. The molecule has 0 aliphatic carbocycles. The maximum absolute atomic E-state index is 2.72. The van der Waals surface area contributed by atoms with Crippen LogP contribution in [0.4, 0.5) is 0 Å². The predicted octanol–water partition coefficient (Wildman–Crippen LogP) is 2.39. The smallest absolute Gasteiger partial charge is 0.0991 e. The number of fused-ring (bicyclic) bond motifs is 6. The van der Waals surface area contributed by atoms with E-state index < -0.39 is 0 Å². The van der Waals surface area contributed by atoms with Crippen molar-refractivity contribution in [3.05, 3.63) is 0 Å². The zero-order valence-electron chi connectivity index (χ0n) is 18.0. The number of rotatable bonds is 7. The van der Waals surface area contributed by atoms with Gasteiger partial charge >= 0.3 is 0 Å². The van der Waals surface area contributed by atoms with Crippen molar-refractivity contribution in [2.45, 2.75) is 77.5 Å². The highest BCUT2D eigenvalue weighted by atomic mass is 15.5. The Balaban J connectivity index is 1.19. The fraction of sp³-hybridized carbons (Fsp3) is 1.00. The first-order valence-corrected chi connectivity index (χ1v) is 11.6. The van der Waals surface area contributed by atoms with E-state index in [4.69, 9.17) is 0 Å². The Kier molecular flexibility index (Phi) is 5.42. The zero-order valence-corrected chi connectivity index (χ0v) is 18.0. The minimum atomic E-state index is 0.817. The van der Waals surface area contributed by atoms with E-state index in [2.05, 4.69) is 37.5 Å². The average Bonchev–Trinajstić information content (AvgIpc) is 2.61. The molecule has 0 aromatic heterocycles. The normalized spacial score (nSPS) is 50.3. The Morgan fingerprint density at radius 1 is 0.654 bits per heavy atom. The van der Waals surface area contributed by atoms with Crippen LogP contribution in [0.3, 0.4) is 0 Å². The van der Waals surface area contributed by atoms with Gasteiger partial charge in [0.1, 0.15) is 0 Å². The van der Waals surface area contributed by atoms with E-state index in [1.165, 1.54) is 100 Å². The van der Waals surface area contributed by atoms with Gasteiger partial charge in [0.15, 0.2) is 0 Å². The summed E-state index contributed by atoms with van der Waals surface area (Å²) >= 11 is 0. The molecular formula is C22H44N4+2. The van der Waals surface area contributed by atoms with Crippen molar-refractivity contribution in [2.24, 2.45) is 0 Å². The van der Waals surface area contributed by atoms with Crippen molar-refractivity contribution in [3.63, 3.8) is 0 Å². The van der Waals surface area contributed by atoms with E-state index >= 15 is 0 Å². The van der Waals surface area contributed by atoms with Crippen molar-refractivity contribution in [2.75, 3.05) is 65.4 Å². The van der Waals surface area contributed by atoms with Gasteiger partial charge in [0.05, 0.1) is 76.5 Å². The maximum Gasteiger partial charge on any atom is 0.0991 e. The molecule has 0 spiro atoms. The Morgan fingerprint density at radius 3 is 1.42 bits per heavy atom. The Labute approximate surface area is 162 Å². The van der Waals surface area contributed by atoms with E-state index in [-0.39, 0.29) is 0 Å². The summed E-state index contributed by atoms with van der Waals surface area (Å²) in [4.78, 5) is 5.44. The van der Waals surface area contributed by atoms with Crippen LogP contribution in [0.25, 0.3) is 0 Å². The predicted molar refractivity (Wildman–Crippen MR) is 109 cm³/mol. The fourth-order valence-corrected chi connectivity index (χ4v) is 6.98. The molecule has 6 saturated heterocycles. The van der Waals surface area contributed by atoms with Gasteiger partial charge in [-0.2, -0.15) is 0 Å². The molecule has 6 rings (SSSR count). The Morgan fingerprint density at radius 2 is 1.08 bits per heavy atom. The number of nitrogens with zero attached hydrogens (tertiary/aromatic N) is 4. The highest BCUT2D eigenvalue weighted by Gasteiger charge is 2.48. The molecule has 0 aromatic rings. The molecule has 6 heterocycles. The Hall–Kier alpha value is -0.160. The molecule has 8 unspecified atom stereocenters. The van der Waals surface area contributed by atoms with Crippen molar-refractivity contribution >= 4 is 0 Å². The van der Waals surface area contributed by atoms with Crippen LogP contribution in [0.5, 0.6) is 0 Å². The minimum absolute atomic E-state index is 0.817. The van der Waals surface area contributed by atoms with Gasteiger partial charge in [-0.15, -0.1) is 0 Å². The van der Waals surface area contributed by atoms with E-state index in [1.807, 2.05) is 0 Å². The number of unbranched alkanes of at least 4 members (excludes halogenated alkanes) is 3. The van der Waals surface area contributed by atoms with Crippen LogP contribution >= 0.6 is 0 Å². The van der Waals surface area contributed by atoms with Gasteiger partial charge in [-0.3, -0.25) is 9.80 Å². The second-order valence-corrected chi connectivity index (χ2v) is 10.5. The first kappa shape index (κ1) is 19.2. The summed E-state index contributed by atoms with van der Waals surface area (Å²) < 4.78 is 2.87. The summed E-state index contributed by atoms with van der Waals surface area (Å²) in [6.45, 7) is 23.8. The molecule has 6 aliphatic rings.